The van der Waals surface area contributed by atoms with Crippen molar-refractivity contribution in [2.75, 3.05) is 6.54 Å². The van der Waals surface area contributed by atoms with Gasteiger partial charge in [-0.25, -0.2) is 0 Å². The summed E-state index contributed by atoms with van der Waals surface area (Å²) in [5, 5.41) is 8.50. The Morgan fingerprint density at radius 1 is 1.33 bits per heavy atom. The first kappa shape index (κ1) is 15.1. The number of fused-ring (bicyclic) bond motifs is 1. The van der Waals surface area contributed by atoms with Crippen LogP contribution in [0, 0.1) is 5.92 Å². The second-order valence-electron chi connectivity index (χ2n) is 7.01. The van der Waals surface area contributed by atoms with Crippen LogP contribution < -0.4 is 0 Å². The maximum absolute atomic E-state index is 13.1. The Labute approximate surface area is 139 Å². The number of likely N-dealkylation sites (tertiary alicyclic amines) is 1. The molecule has 0 saturated carbocycles. The van der Waals surface area contributed by atoms with Gasteiger partial charge in [-0.2, -0.15) is 0 Å². The Kier molecular flexibility index (Phi) is 3.33. The molecular formula is C17H20N4O3. The molecule has 0 aromatic carbocycles. The summed E-state index contributed by atoms with van der Waals surface area (Å²) < 4.78 is 7.25. The van der Waals surface area contributed by atoms with Crippen LogP contribution in [0.4, 0.5) is 0 Å². The molecule has 2 aromatic rings. The van der Waals surface area contributed by atoms with Crippen LogP contribution in [0.5, 0.6) is 0 Å². The van der Waals surface area contributed by atoms with E-state index in [0.717, 1.165) is 24.3 Å². The topological polar surface area (TPSA) is 76.8 Å². The summed E-state index contributed by atoms with van der Waals surface area (Å²) in [6, 6.07) is 5.62. The Morgan fingerprint density at radius 3 is 2.92 bits per heavy atom. The number of cyclic esters (lactones) is 1. The molecule has 2 saturated heterocycles. The first-order valence-electron chi connectivity index (χ1n) is 8.29. The molecule has 7 nitrogen and oxygen atoms in total. The summed E-state index contributed by atoms with van der Waals surface area (Å²) in [7, 11) is 0. The average molecular weight is 328 g/mol. The highest BCUT2D eigenvalue weighted by Gasteiger charge is 2.49. The van der Waals surface area contributed by atoms with Crippen molar-refractivity contribution < 1.29 is 14.3 Å². The third kappa shape index (κ3) is 2.26. The van der Waals surface area contributed by atoms with E-state index in [4.69, 9.17) is 4.74 Å². The minimum Gasteiger partial charge on any atom is -0.459 e. The fraction of sp³-hybridized carbons (Fsp3) is 0.529. The number of nitrogens with zero attached hydrogens (tertiary/aromatic N) is 4. The van der Waals surface area contributed by atoms with E-state index in [-0.39, 0.29) is 24.3 Å². The van der Waals surface area contributed by atoms with Crippen LogP contribution in [0.15, 0.2) is 24.4 Å². The summed E-state index contributed by atoms with van der Waals surface area (Å²) in [6.07, 6.45) is 3.83. The molecule has 2 aliphatic rings. The second kappa shape index (κ2) is 5.29. The van der Waals surface area contributed by atoms with Crippen molar-refractivity contribution in [2.24, 2.45) is 5.92 Å². The van der Waals surface area contributed by atoms with Crippen LogP contribution in [0.3, 0.4) is 0 Å². The van der Waals surface area contributed by atoms with Crippen molar-refractivity contribution in [3.63, 3.8) is 0 Å². The van der Waals surface area contributed by atoms with Crippen molar-refractivity contribution in [3.05, 3.63) is 30.2 Å². The zero-order valence-electron chi connectivity index (χ0n) is 13.8. The molecule has 1 amide bonds. The van der Waals surface area contributed by atoms with Gasteiger partial charge in [0.1, 0.15) is 5.60 Å². The summed E-state index contributed by atoms with van der Waals surface area (Å²) in [5.41, 5.74) is 0.0142. The first-order valence-corrected chi connectivity index (χ1v) is 8.29. The molecule has 0 spiro atoms. The Morgan fingerprint density at radius 2 is 2.17 bits per heavy atom. The van der Waals surface area contributed by atoms with Gasteiger partial charge < -0.3 is 9.64 Å². The molecule has 0 aliphatic carbocycles. The maximum Gasteiger partial charge on any atom is 0.307 e. The van der Waals surface area contributed by atoms with Gasteiger partial charge in [0.2, 0.25) is 5.91 Å². The lowest BCUT2D eigenvalue weighted by Crippen LogP contribution is -2.43. The van der Waals surface area contributed by atoms with E-state index in [1.54, 1.807) is 13.8 Å². The highest BCUT2D eigenvalue weighted by Crippen LogP contribution is 2.38. The fourth-order valence-electron chi connectivity index (χ4n) is 3.79. The second-order valence-corrected chi connectivity index (χ2v) is 7.01. The smallest absolute Gasteiger partial charge is 0.307 e. The number of ether oxygens (including phenoxy) is 1. The maximum atomic E-state index is 13.1. The zero-order valence-corrected chi connectivity index (χ0v) is 13.8. The molecule has 0 bridgehead atoms. The number of esters is 1. The lowest BCUT2D eigenvalue weighted by atomic mass is 9.89. The van der Waals surface area contributed by atoms with Crippen molar-refractivity contribution in [1.82, 2.24) is 19.5 Å². The molecular weight excluding hydrogens is 308 g/mol. The Bertz CT molecular complexity index is 813. The molecule has 7 heteroatoms. The predicted octanol–water partition coefficient (Wildman–Crippen LogP) is 1.73. The van der Waals surface area contributed by atoms with E-state index in [2.05, 4.69) is 10.2 Å². The number of carbonyl (C=O) groups excluding carboxylic acids is 2. The van der Waals surface area contributed by atoms with Crippen LogP contribution in [0.25, 0.3) is 5.65 Å². The third-order valence-corrected chi connectivity index (χ3v) is 5.06. The van der Waals surface area contributed by atoms with Crippen LogP contribution in [-0.4, -0.2) is 43.5 Å². The van der Waals surface area contributed by atoms with Gasteiger partial charge in [0, 0.05) is 12.7 Å². The van der Waals surface area contributed by atoms with E-state index < -0.39 is 11.5 Å². The molecule has 4 heterocycles. The molecule has 4 rings (SSSR count). The van der Waals surface area contributed by atoms with Crippen LogP contribution in [0.2, 0.25) is 0 Å². The fourth-order valence-corrected chi connectivity index (χ4v) is 3.79. The van der Waals surface area contributed by atoms with Gasteiger partial charge in [-0.15, -0.1) is 10.2 Å². The van der Waals surface area contributed by atoms with Crippen LogP contribution >= 0.6 is 0 Å². The largest absolute Gasteiger partial charge is 0.459 e. The number of rotatable bonds is 2. The van der Waals surface area contributed by atoms with E-state index in [0.29, 0.717) is 6.54 Å². The predicted molar refractivity (Wildman–Crippen MR) is 85.0 cm³/mol. The Balaban J connectivity index is 1.66. The average Bonchev–Trinajstić information content (AvgIpc) is 3.22. The van der Waals surface area contributed by atoms with Crippen molar-refractivity contribution in [3.8, 4) is 0 Å². The minimum absolute atomic E-state index is 0.0268. The number of pyridine rings is 1. The molecule has 2 aliphatic heterocycles. The van der Waals surface area contributed by atoms with Gasteiger partial charge in [-0.3, -0.25) is 14.0 Å². The summed E-state index contributed by atoms with van der Waals surface area (Å²) in [5.74, 6) is 0.00680. The van der Waals surface area contributed by atoms with E-state index in [9.17, 15) is 9.59 Å². The van der Waals surface area contributed by atoms with Crippen molar-refractivity contribution in [1.29, 1.82) is 0 Å². The third-order valence-electron chi connectivity index (χ3n) is 5.06. The molecule has 2 aromatic heterocycles. The molecule has 24 heavy (non-hydrogen) atoms. The van der Waals surface area contributed by atoms with Gasteiger partial charge in [0.15, 0.2) is 11.5 Å². The van der Waals surface area contributed by atoms with Gasteiger partial charge in [0.25, 0.3) is 0 Å². The first-order chi connectivity index (χ1) is 11.5. The normalized spacial score (nSPS) is 26.1. The molecule has 0 unspecified atom stereocenters. The van der Waals surface area contributed by atoms with E-state index in [1.807, 2.05) is 33.7 Å². The monoisotopic (exact) mass is 328 g/mol. The van der Waals surface area contributed by atoms with Gasteiger partial charge in [-0.1, -0.05) is 6.07 Å². The molecule has 2 atom stereocenters. The summed E-state index contributed by atoms with van der Waals surface area (Å²) >= 11 is 0. The molecule has 0 radical (unpaired) electrons. The minimum atomic E-state index is -0.756. The van der Waals surface area contributed by atoms with Gasteiger partial charge in [0.05, 0.1) is 18.4 Å². The molecule has 0 N–H and O–H groups in total. The molecule has 2 fully saturated rings. The summed E-state index contributed by atoms with van der Waals surface area (Å²) in [6.45, 7) is 4.28. The number of hydrogen-bond donors (Lipinski definition) is 0. The quantitative estimate of drug-likeness (QED) is 0.785. The zero-order chi connectivity index (χ0) is 16.9. The standard InChI is InChI=1S/C17H20N4O3/c1-17(2)11(10-14(22)24-17)16(23)20-9-5-6-12(20)15-19-18-13-7-3-4-8-21(13)15/h3-4,7-8,11-12H,5-6,9-10H2,1-2H3/t11-,12+/m0/s1. The number of aromatic nitrogens is 3. The summed E-state index contributed by atoms with van der Waals surface area (Å²) in [4.78, 5) is 26.6. The van der Waals surface area contributed by atoms with Crippen LogP contribution in [0.1, 0.15) is 45.0 Å². The lowest BCUT2D eigenvalue weighted by Gasteiger charge is -2.30. The van der Waals surface area contributed by atoms with Gasteiger partial charge >= 0.3 is 5.97 Å². The van der Waals surface area contributed by atoms with Crippen molar-refractivity contribution in [2.45, 2.75) is 44.8 Å². The number of amides is 1. The van der Waals surface area contributed by atoms with Gasteiger partial charge in [-0.05, 0) is 38.8 Å². The van der Waals surface area contributed by atoms with Crippen LogP contribution in [-0.2, 0) is 14.3 Å². The van der Waals surface area contributed by atoms with E-state index >= 15 is 0 Å². The number of carbonyl (C=O) groups is 2. The molecule has 126 valence electrons. The lowest BCUT2D eigenvalue weighted by molar-refractivity contribution is -0.149. The van der Waals surface area contributed by atoms with Crippen molar-refractivity contribution >= 4 is 17.5 Å². The van der Waals surface area contributed by atoms with E-state index in [1.165, 1.54) is 0 Å². The Hall–Kier alpha value is -2.44. The SMILES string of the molecule is CC1(C)OC(=O)C[C@H]1C(=O)N1CCC[C@@H]1c1nnc2ccccn12. The highest BCUT2D eigenvalue weighted by atomic mass is 16.6. The number of hydrogen-bond acceptors (Lipinski definition) is 5. The highest BCUT2D eigenvalue weighted by molar-refractivity contribution is 5.88.